The number of unbranched alkanes of at least 4 members (excludes halogenated alkanes) is 1. The highest BCUT2D eigenvalue weighted by molar-refractivity contribution is 6.16. The molecule has 0 saturated heterocycles. The van der Waals surface area contributed by atoms with E-state index in [0.29, 0.717) is 18.5 Å². The largest absolute Gasteiger partial charge is 0.278 e. The number of rotatable bonds is 8. The van der Waals surface area contributed by atoms with Crippen LogP contribution in [0.5, 0.6) is 0 Å². The van der Waals surface area contributed by atoms with Gasteiger partial charge < -0.3 is 0 Å². The lowest BCUT2D eigenvalue weighted by Gasteiger charge is -2.28. The number of fused-ring (bicyclic) bond motifs is 3. The van der Waals surface area contributed by atoms with Crippen LogP contribution in [0.3, 0.4) is 0 Å². The van der Waals surface area contributed by atoms with E-state index < -0.39 is 0 Å². The highest BCUT2D eigenvalue weighted by Crippen LogP contribution is 2.28. The Morgan fingerprint density at radius 3 is 2.56 bits per heavy atom. The van der Waals surface area contributed by atoms with Gasteiger partial charge in [0.15, 0.2) is 0 Å². The summed E-state index contributed by atoms with van der Waals surface area (Å²) in [5.74, 6) is -0.270. The van der Waals surface area contributed by atoms with Crippen LogP contribution in [-0.2, 0) is 11.2 Å². The molecule has 0 aromatic heterocycles. The fourth-order valence-electron chi connectivity index (χ4n) is 3.22. The van der Waals surface area contributed by atoms with Crippen LogP contribution in [0.2, 0.25) is 0 Å². The van der Waals surface area contributed by atoms with E-state index in [0.717, 1.165) is 48.7 Å². The minimum atomic E-state index is -0.165. The first kappa shape index (κ1) is 17.6. The molecule has 5 heteroatoms. The van der Waals surface area contributed by atoms with Crippen LogP contribution in [0.15, 0.2) is 36.4 Å². The van der Waals surface area contributed by atoms with Crippen LogP contribution in [0.4, 0.5) is 0 Å². The van der Waals surface area contributed by atoms with Gasteiger partial charge in [0.25, 0.3) is 5.91 Å². The highest BCUT2D eigenvalue weighted by atomic mass is 16.2. The normalized spacial score (nSPS) is 14.2. The van der Waals surface area contributed by atoms with Gasteiger partial charge in [-0.15, -0.1) is 0 Å². The summed E-state index contributed by atoms with van der Waals surface area (Å²) in [6.07, 6.45) is 3.31. The van der Waals surface area contributed by atoms with Gasteiger partial charge in [0.2, 0.25) is 5.91 Å². The summed E-state index contributed by atoms with van der Waals surface area (Å²) >= 11 is 0. The molecule has 0 saturated carbocycles. The molecule has 2 aromatic carbocycles. The van der Waals surface area contributed by atoms with Crippen molar-refractivity contribution in [1.29, 1.82) is 0 Å². The number of benzene rings is 2. The second-order valence-electron chi connectivity index (χ2n) is 6.41. The molecule has 0 aliphatic carbocycles. The summed E-state index contributed by atoms with van der Waals surface area (Å²) in [5.41, 5.74) is 7.81. The molecule has 0 fully saturated rings. The summed E-state index contributed by atoms with van der Waals surface area (Å²) in [7, 11) is 0. The molecule has 0 unspecified atom stereocenters. The van der Waals surface area contributed by atoms with Crippen LogP contribution in [0.25, 0.3) is 10.8 Å². The second-order valence-corrected chi connectivity index (χ2v) is 6.41. The number of carbonyl (C=O) groups is 2. The molecular weight excluding hydrogens is 314 g/mol. The number of amides is 2. The van der Waals surface area contributed by atoms with Crippen molar-refractivity contribution in [2.75, 3.05) is 19.6 Å². The number of nitrogens with zero attached hydrogens (tertiary/aromatic N) is 1. The molecule has 2 N–H and O–H groups in total. The molecule has 0 atom stereocenters. The number of imide groups is 1. The van der Waals surface area contributed by atoms with E-state index in [9.17, 15) is 9.59 Å². The first-order chi connectivity index (χ1) is 12.2. The monoisotopic (exact) mass is 339 g/mol. The third kappa shape index (κ3) is 3.89. The molecule has 25 heavy (non-hydrogen) atoms. The van der Waals surface area contributed by atoms with Gasteiger partial charge in [-0.05, 0) is 29.2 Å². The van der Waals surface area contributed by atoms with E-state index in [1.54, 1.807) is 0 Å². The van der Waals surface area contributed by atoms with E-state index in [4.69, 9.17) is 0 Å². The number of carbonyl (C=O) groups excluding carboxylic acids is 2. The smallest absolute Gasteiger partial charge is 0.261 e. The molecule has 5 nitrogen and oxygen atoms in total. The Morgan fingerprint density at radius 1 is 1.00 bits per heavy atom. The van der Waals surface area contributed by atoms with Gasteiger partial charge in [-0.25, -0.2) is 0 Å². The minimum absolute atomic E-state index is 0.105. The third-order valence-corrected chi connectivity index (χ3v) is 4.58. The zero-order chi connectivity index (χ0) is 17.6. The molecule has 0 radical (unpaired) electrons. The van der Waals surface area contributed by atoms with Gasteiger partial charge in [-0.2, -0.15) is 0 Å². The second kappa shape index (κ2) is 8.23. The van der Waals surface area contributed by atoms with Gasteiger partial charge in [-0.1, -0.05) is 49.7 Å². The van der Waals surface area contributed by atoms with Crippen LogP contribution in [-0.4, -0.2) is 36.3 Å². The Kier molecular flexibility index (Phi) is 5.79. The SMILES string of the molecule is CCCCNNCCCN1C(=O)Cc2ccc3ccccc3c2C1=O. The molecule has 1 aliphatic rings. The predicted molar refractivity (Wildman–Crippen MR) is 99.2 cm³/mol. The van der Waals surface area contributed by atoms with E-state index >= 15 is 0 Å². The van der Waals surface area contributed by atoms with Crippen molar-refractivity contribution < 1.29 is 9.59 Å². The van der Waals surface area contributed by atoms with Crippen molar-refractivity contribution in [2.24, 2.45) is 0 Å². The fraction of sp³-hybridized carbons (Fsp3) is 0.400. The Labute approximate surface area is 148 Å². The van der Waals surface area contributed by atoms with E-state index in [-0.39, 0.29) is 11.8 Å². The quantitative estimate of drug-likeness (QED) is 0.441. The summed E-state index contributed by atoms with van der Waals surface area (Å²) in [6.45, 7) is 4.25. The molecule has 1 heterocycles. The lowest BCUT2D eigenvalue weighted by molar-refractivity contribution is -0.128. The van der Waals surface area contributed by atoms with Crippen molar-refractivity contribution in [2.45, 2.75) is 32.6 Å². The zero-order valence-electron chi connectivity index (χ0n) is 14.7. The van der Waals surface area contributed by atoms with E-state index in [1.165, 1.54) is 4.90 Å². The number of hydrogen-bond acceptors (Lipinski definition) is 4. The van der Waals surface area contributed by atoms with Crippen LogP contribution < -0.4 is 10.9 Å². The highest BCUT2D eigenvalue weighted by Gasteiger charge is 2.31. The van der Waals surface area contributed by atoms with Crippen molar-refractivity contribution in [1.82, 2.24) is 15.8 Å². The van der Waals surface area contributed by atoms with E-state index in [1.807, 2.05) is 36.4 Å². The fourth-order valence-corrected chi connectivity index (χ4v) is 3.22. The maximum Gasteiger partial charge on any atom is 0.261 e. The molecule has 3 rings (SSSR count). The lowest BCUT2D eigenvalue weighted by atomic mass is 9.92. The summed E-state index contributed by atoms with van der Waals surface area (Å²) in [5, 5.41) is 1.97. The van der Waals surface area contributed by atoms with Crippen molar-refractivity contribution >= 4 is 22.6 Å². The maximum absolute atomic E-state index is 12.9. The van der Waals surface area contributed by atoms with Gasteiger partial charge in [-0.3, -0.25) is 25.3 Å². The van der Waals surface area contributed by atoms with Crippen molar-refractivity contribution in [3.05, 3.63) is 47.5 Å². The molecule has 132 valence electrons. The maximum atomic E-state index is 12.9. The molecule has 2 aromatic rings. The first-order valence-electron chi connectivity index (χ1n) is 9.03. The number of hydrogen-bond donors (Lipinski definition) is 2. The Bertz CT molecular complexity index is 773. The topological polar surface area (TPSA) is 61.4 Å². The molecule has 0 spiro atoms. The standard InChI is InChI=1S/C20H25N3O2/c1-2-3-11-21-22-12-6-13-23-18(24)14-16-10-9-15-7-4-5-8-17(15)19(16)20(23)25/h4-5,7-10,21-22H,2-3,6,11-14H2,1H3. The first-order valence-corrected chi connectivity index (χ1v) is 9.03. The third-order valence-electron chi connectivity index (χ3n) is 4.58. The van der Waals surface area contributed by atoms with Gasteiger partial charge in [0.05, 0.1) is 12.0 Å². The lowest BCUT2D eigenvalue weighted by Crippen LogP contribution is -2.44. The van der Waals surface area contributed by atoms with Gasteiger partial charge in [0, 0.05) is 19.6 Å². The molecular formula is C20H25N3O2. The molecule has 1 aliphatic heterocycles. The average Bonchev–Trinajstić information content (AvgIpc) is 2.62. The van der Waals surface area contributed by atoms with E-state index in [2.05, 4.69) is 17.8 Å². The number of hydrazine groups is 1. The van der Waals surface area contributed by atoms with Crippen molar-refractivity contribution in [3.8, 4) is 0 Å². The van der Waals surface area contributed by atoms with Crippen LogP contribution in [0, 0.1) is 0 Å². The average molecular weight is 339 g/mol. The number of nitrogens with one attached hydrogen (secondary N) is 2. The molecule has 0 bridgehead atoms. The minimum Gasteiger partial charge on any atom is -0.278 e. The van der Waals surface area contributed by atoms with Crippen LogP contribution >= 0.6 is 0 Å². The van der Waals surface area contributed by atoms with Crippen molar-refractivity contribution in [3.63, 3.8) is 0 Å². The summed E-state index contributed by atoms with van der Waals surface area (Å²) < 4.78 is 0. The predicted octanol–water partition coefficient (Wildman–Crippen LogP) is 2.65. The zero-order valence-corrected chi connectivity index (χ0v) is 14.7. The Balaban J connectivity index is 1.66. The Morgan fingerprint density at radius 2 is 1.76 bits per heavy atom. The molecule has 2 amide bonds. The van der Waals surface area contributed by atoms with Gasteiger partial charge >= 0.3 is 0 Å². The summed E-state index contributed by atoms with van der Waals surface area (Å²) in [4.78, 5) is 26.7. The summed E-state index contributed by atoms with van der Waals surface area (Å²) in [6, 6.07) is 11.7. The Hall–Kier alpha value is -2.24. The van der Waals surface area contributed by atoms with Gasteiger partial charge in [0.1, 0.15) is 0 Å². The van der Waals surface area contributed by atoms with Crippen LogP contribution in [0.1, 0.15) is 42.1 Å².